The van der Waals surface area contributed by atoms with Crippen molar-refractivity contribution >= 4 is 34.0 Å². The zero-order chi connectivity index (χ0) is 38.0. The minimum absolute atomic E-state index is 0.153. The Balaban J connectivity index is 1.28. The van der Waals surface area contributed by atoms with Crippen molar-refractivity contribution in [2.24, 2.45) is 0 Å². The summed E-state index contributed by atoms with van der Waals surface area (Å²) in [5.74, 6) is 0. The van der Waals surface area contributed by atoms with E-state index in [9.17, 15) is 0 Å². The van der Waals surface area contributed by atoms with E-state index in [4.69, 9.17) is 11.1 Å². The number of rotatable bonds is 9. The maximum atomic E-state index is 8.07. The van der Waals surface area contributed by atoms with E-state index in [1.807, 2.05) is 0 Å². The van der Waals surface area contributed by atoms with Gasteiger partial charge in [0.2, 0.25) is 7.38 Å². The molecule has 0 saturated carbocycles. The van der Waals surface area contributed by atoms with Gasteiger partial charge in [0.15, 0.2) is 0 Å². The molecule has 0 aliphatic heterocycles. The maximum Gasteiger partial charge on any atom is 0.247 e. The summed E-state index contributed by atoms with van der Waals surface area (Å²) in [6.45, 7) is 20.4. The molecule has 0 radical (unpaired) electrons. The molecule has 272 valence electrons. The highest BCUT2D eigenvalue weighted by Gasteiger charge is 2.38. The normalized spacial score (nSPS) is 12.6. The van der Waals surface area contributed by atoms with Crippen LogP contribution in [0.3, 0.4) is 0 Å². The van der Waals surface area contributed by atoms with Gasteiger partial charge in [0.1, 0.15) is 0 Å². The quantitative estimate of drug-likeness (QED) is 0.0789. The van der Waals surface area contributed by atoms with E-state index in [1.165, 1.54) is 65.6 Å². The minimum atomic E-state index is -2.84. The first-order valence-corrected chi connectivity index (χ1v) is 22.3. The van der Waals surface area contributed by atoms with Gasteiger partial charge < -0.3 is 0 Å². The van der Waals surface area contributed by atoms with E-state index in [2.05, 4.69) is 208 Å². The van der Waals surface area contributed by atoms with Crippen LogP contribution in [0.5, 0.6) is 0 Å². The van der Waals surface area contributed by atoms with Gasteiger partial charge in [-0.1, -0.05) is 208 Å². The van der Waals surface area contributed by atoms with Gasteiger partial charge in [0, 0.05) is 0 Å². The predicted octanol–water partition coefficient (Wildman–Crippen LogP) is 11.6. The summed E-state index contributed by atoms with van der Waals surface area (Å²) in [5, 5.41) is 3.63. The van der Waals surface area contributed by atoms with Gasteiger partial charge in [-0.05, 0) is 101 Å². The van der Waals surface area contributed by atoms with Crippen molar-refractivity contribution in [2.75, 3.05) is 0 Å². The Labute approximate surface area is 326 Å². The zero-order valence-corrected chi connectivity index (χ0v) is 35.1. The Bertz CT molecular complexity index is 1840. The minimum Gasteiger partial charge on any atom is -0.149 e. The first kappa shape index (κ1) is 38.5. The fraction of sp³-hybridized carbons (Fsp3) is 0.294. The van der Waals surface area contributed by atoms with E-state index in [0.29, 0.717) is 0 Å². The highest BCUT2D eigenvalue weighted by molar-refractivity contribution is 7.40. The third-order valence-electron chi connectivity index (χ3n) is 10.7. The molecule has 0 N–H and O–H groups in total. The Hall–Kier alpha value is -4.17. The molecule has 0 unspecified atom stereocenters. The lowest BCUT2D eigenvalue weighted by Gasteiger charge is -2.27. The lowest BCUT2D eigenvalue weighted by Crippen LogP contribution is -2.62. The number of hydrogen-bond donors (Lipinski definition) is 0. The van der Waals surface area contributed by atoms with Crippen LogP contribution in [0, 0.1) is 0 Å². The molecule has 6 rings (SSSR count). The van der Waals surface area contributed by atoms with Crippen LogP contribution in [0.15, 0.2) is 146 Å². The molecule has 0 heterocycles. The average molecular weight is 734 g/mol. The van der Waals surface area contributed by atoms with Crippen molar-refractivity contribution in [2.45, 2.75) is 97.8 Å². The fourth-order valence-corrected chi connectivity index (χ4v) is 11.1. The molecule has 0 amide bonds. The molecule has 0 spiro atoms. The molecule has 0 aliphatic carbocycles. The van der Waals surface area contributed by atoms with Crippen molar-refractivity contribution in [1.29, 1.82) is 0 Å². The summed E-state index contributed by atoms with van der Waals surface area (Å²) in [6.07, 6.45) is 2.70. The predicted molar refractivity (Wildman–Crippen MR) is 234 cm³/mol. The van der Waals surface area contributed by atoms with Crippen LogP contribution in [0.25, 0.3) is 0 Å². The van der Waals surface area contributed by atoms with Gasteiger partial charge in [-0.25, -0.2) is 0 Å². The first-order chi connectivity index (χ1) is 25.0. The van der Waals surface area contributed by atoms with Crippen molar-refractivity contribution < 1.29 is 0 Å². The van der Waals surface area contributed by atoms with Crippen molar-refractivity contribution in [3.8, 4) is 0 Å². The molecule has 0 bridgehead atoms. The molecular weight excluding hydrogens is 676 g/mol. The Morgan fingerprint density at radius 1 is 0.302 bits per heavy atom. The summed E-state index contributed by atoms with van der Waals surface area (Å²) in [6, 6.07) is 54.7. The van der Waals surface area contributed by atoms with Crippen molar-refractivity contribution in [3.05, 3.63) is 196 Å². The van der Waals surface area contributed by atoms with Gasteiger partial charge in [0.25, 0.3) is 0 Å². The number of benzene rings is 6. The largest absolute Gasteiger partial charge is 0.247 e. The molecule has 2 heteroatoms. The van der Waals surface area contributed by atoms with E-state index < -0.39 is 7.38 Å². The number of hydrogen-bond acceptors (Lipinski definition) is 0. The van der Waals surface area contributed by atoms with Gasteiger partial charge in [-0.2, -0.15) is 0 Å². The van der Waals surface area contributed by atoms with Crippen LogP contribution in [0.2, 0.25) is 0 Å². The van der Waals surface area contributed by atoms with E-state index in [1.54, 1.807) is 0 Å². The monoisotopic (exact) mass is 732 g/mol. The molecular formula is C51H57ClSi. The molecule has 0 aliphatic rings. The van der Waals surface area contributed by atoms with Gasteiger partial charge in [0.05, 0.1) is 0 Å². The van der Waals surface area contributed by atoms with Crippen molar-refractivity contribution in [1.82, 2.24) is 0 Å². The van der Waals surface area contributed by atoms with Crippen LogP contribution in [0.1, 0.15) is 112 Å². The Kier molecular flexibility index (Phi) is 11.1. The van der Waals surface area contributed by atoms with Gasteiger partial charge >= 0.3 is 0 Å². The highest BCUT2D eigenvalue weighted by Crippen LogP contribution is 2.26. The lowest BCUT2D eigenvalue weighted by molar-refractivity contribution is 0.590. The molecule has 0 fully saturated rings. The van der Waals surface area contributed by atoms with E-state index in [0.717, 1.165) is 19.3 Å². The molecule has 0 atom stereocenters. The third kappa shape index (κ3) is 9.32. The topological polar surface area (TPSA) is 0 Å². The lowest BCUT2D eigenvalue weighted by atomic mass is 9.86. The standard InChI is InChI=1S/C51H57ClSi/c1-49(2,3)43-22-10-37(11-23-43)34-40-16-28-46(29-17-40)53(52,47-30-18-41(19-31-47)35-38-12-24-44(25-13-38)50(4,5)6)48-32-20-42(21-33-48)36-39-14-26-45(27-15-39)51(7,8)9/h10-33H,34-36H2,1-9H3. The number of halogens is 1. The van der Waals surface area contributed by atoms with Gasteiger partial charge in [-0.3, -0.25) is 0 Å². The molecule has 0 aromatic heterocycles. The van der Waals surface area contributed by atoms with Crippen LogP contribution < -0.4 is 15.6 Å². The summed E-state index contributed by atoms with van der Waals surface area (Å²) in [4.78, 5) is 0. The average Bonchev–Trinajstić information content (AvgIpc) is 3.12. The molecule has 6 aromatic rings. The second kappa shape index (κ2) is 15.3. The summed E-state index contributed by atoms with van der Waals surface area (Å²) < 4.78 is 0. The van der Waals surface area contributed by atoms with E-state index in [-0.39, 0.29) is 16.2 Å². The Morgan fingerprint density at radius 2 is 0.472 bits per heavy atom. The van der Waals surface area contributed by atoms with Crippen LogP contribution in [0.4, 0.5) is 0 Å². The maximum absolute atomic E-state index is 8.07. The molecule has 6 aromatic carbocycles. The van der Waals surface area contributed by atoms with Crippen LogP contribution in [-0.2, 0) is 35.5 Å². The highest BCUT2D eigenvalue weighted by atomic mass is 35.6. The molecule has 0 saturated heterocycles. The van der Waals surface area contributed by atoms with E-state index >= 15 is 0 Å². The Morgan fingerprint density at radius 3 is 0.642 bits per heavy atom. The fourth-order valence-electron chi connectivity index (χ4n) is 7.13. The SMILES string of the molecule is CC(C)(C)c1ccc(Cc2ccc([Si](Cl)(c3ccc(Cc4ccc(C(C)(C)C)cc4)cc3)c3ccc(Cc4ccc(C(C)(C)C)cc4)cc3)cc2)cc1. The zero-order valence-electron chi connectivity index (χ0n) is 33.4. The smallest absolute Gasteiger partial charge is 0.149 e. The third-order valence-corrected chi connectivity index (χ3v) is 16.1. The summed E-state index contributed by atoms with van der Waals surface area (Å²) >= 11 is 8.07. The second-order valence-electron chi connectivity index (χ2n) is 18.1. The van der Waals surface area contributed by atoms with Crippen molar-refractivity contribution in [3.63, 3.8) is 0 Å². The summed E-state index contributed by atoms with van der Waals surface area (Å²) in [5.41, 5.74) is 12.4. The van der Waals surface area contributed by atoms with Crippen LogP contribution in [-0.4, -0.2) is 7.38 Å². The molecule has 0 nitrogen and oxygen atoms in total. The second-order valence-corrected chi connectivity index (χ2v) is 22.9. The van der Waals surface area contributed by atoms with Crippen LogP contribution >= 0.6 is 11.1 Å². The first-order valence-electron chi connectivity index (χ1n) is 19.2. The molecule has 53 heavy (non-hydrogen) atoms. The summed E-state index contributed by atoms with van der Waals surface area (Å²) in [7, 11) is -2.84. The van der Waals surface area contributed by atoms with Gasteiger partial charge in [-0.15, -0.1) is 11.1 Å².